The number of hydrogen-bond acceptors (Lipinski definition) is 6. The molecule has 1 heterocycles. The van der Waals surface area contributed by atoms with Crippen molar-refractivity contribution in [1.29, 1.82) is 0 Å². The first kappa shape index (κ1) is 17.1. The second kappa shape index (κ2) is 7.43. The summed E-state index contributed by atoms with van der Waals surface area (Å²) in [5, 5.41) is 20.8. The summed E-state index contributed by atoms with van der Waals surface area (Å²) in [4.78, 5) is 33.7. The zero-order chi connectivity index (χ0) is 18.5. The molecule has 0 spiro atoms. The molecule has 1 amide bonds. The molecule has 2 N–H and O–H groups in total. The lowest BCUT2D eigenvalue weighted by atomic mass is 10.1. The van der Waals surface area contributed by atoms with E-state index in [4.69, 9.17) is 4.74 Å². The summed E-state index contributed by atoms with van der Waals surface area (Å²) in [5.41, 5.74) is 0.180. The van der Waals surface area contributed by atoms with Crippen LogP contribution in [-0.2, 0) is 11.3 Å². The Kier molecular flexibility index (Phi) is 4.88. The van der Waals surface area contributed by atoms with Gasteiger partial charge in [-0.2, -0.15) is 5.10 Å². The molecule has 0 atom stereocenters. The average molecular weight is 354 g/mol. The van der Waals surface area contributed by atoms with Gasteiger partial charge < -0.3 is 10.1 Å². The molecule has 0 aliphatic rings. The van der Waals surface area contributed by atoms with Crippen LogP contribution >= 0.6 is 0 Å². The topological polar surface area (TPSA) is 127 Å². The molecule has 9 heteroatoms. The van der Waals surface area contributed by atoms with Gasteiger partial charge in [0.2, 0.25) is 0 Å². The maximum Gasteiger partial charge on any atom is 0.272 e. The third kappa shape index (κ3) is 3.83. The van der Waals surface area contributed by atoms with E-state index in [9.17, 15) is 19.7 Å². The standard InChI is InChI=1S/C17H14N4O5/c22-16(10-26-12-7-5-11(6-8-12)21(24)25)18-9-15-13-3-1-2-4-14(13)17(23)20-19-15/h1-8H,9-10H2,(H,18,22)(H,20,23). The summed E-state index contributed by atoms with van der Waals surface area (Å²) in [6.07, 6.45) is 0. The summed E-state index contributed by atoms with van der Waals surface area (Å²) >= 11 is 0. The molecule has 0 saturated carbocycles. The lowest BCUT2D eigenvalue weighted by Crippen LogP contribution is -2.29. The fraction of sp³-hybridized carbons (Fsp3) is 0.118. The third-order valence-electron chi connectivity index (χ3n) is 3.65. The zero-order valence-electron chi connectivity index (χ0n) is 13.5. The summed E-state index contributed by atoms with van der Waals surface area (Å²) < 4.78 is 5.28. The predicted octanol–water partition coefficient (Wildman–Crippen LogP) is 1.53. The molecule has 3 rings (SSSR count). The molecule has 3 aromatic rings. The number of non-ortho nitro benzene ring substituents is 1. The second-order valence-corrected chi connectivity index (χ2v) is 5.36. The predicted molar refractivity (Wildman–Crippen MR) is 92.8 cm³/mol. The SMILES string of the molecule is O=C(COc1ccc([N+](=O)[O-])cc1)NCc1n[nH]c(=O)c2ccccc12. The van der Waals surface area contributed by atoms with Crippen molar-refractivity contribution in [1.82, 2.24) is 15.5 Å². The minimum atomic E-state index is -0.516. The first-order chi connectivity index (χ1) is 12.5. The fourth-order valence-electron chi connectivity index (χ4n) is 2.35. The Labute approximate surface area is 146 Å². The number of amides is 1. The molecule has 9 nitrogen and oxygen atoms in total. The number of benzene rings is 2. The van der Waals surface area contributed by atoms with Crippen molar-refractivity contribution >= 4 is 22.4 Å². The number of hydrogen-bond donors (Lipinski definition) is 2. The Morgan fingerprint density at radius 3 is 2.54 bits per heavy atom. The van der Waals surface area contributed by atoms with Gasteiger partial charge in [0.1, 0.15) is 5.75 Å². The number of rotatable bonds is 6. The van der Waals surface area contributed by atoms with Gasteiger partial charge in [-0.3, -0.25) is 19.7 Å². The minimum Gasteiger partial charge on any atom is -0.484 e. The molecular formula is C17H14N4O5. The smallest absolute Gasteiger partial charge is 0.272 e. The first-order valence-electron chi connectivity index (χ1n) is 7.65. The van der Waals surface area contributed by atoms with Crippen molar-refractivity contribution < 1.29 is 14.5 Å². The number of nitrogens with one attached hydrogen (secondary N) is 2. The molecular weight excluding hydrogens is 340 g/mol. The Balaban J connectivity index is 1.59. The van der Waals surface area contributed by atoms with Gasteiger partial charge in [0.05, 0.1) is 22.5 Å². The van der Waals surface area contributed by atoms with Crippen LogP contribution in [0.4, 0.5) is 5.69 Å². The molecule has 132 valence electrons. The first-order valence-corrected chi connectivity index (χ1v) is 7.65. The lowest BCUT2D eigenvalue weighted by molar-refractivity contribution is -0.384. The van der Waals surface area contributed by atoms with E-state index in [0.29, 0.717) is 22.2 Å². The van der Waals surface area contributed by atoms with E-state index in [1.54, 1.807) is 24.3 Å². The van der Waals surface area contributed by atoms with Crippen molar-refractivity contribution in [3.8, 4) is 5.75 Å². The Hall–Kier alpha value is -3.75. The number of nitrogens with zero attached hydrogens (tertiary/aromatic N) is 2. The number of carbonyl (C=O) groups is 1. The summed E-state index contributed by atoms with van der Waals surface area (Å²) in [7, 11) is 0. The van der Waals surface area contributed by atoms with Crippen LogP contribution < -0.4 is 15.6 Å². The highest BCUT2D eigenvalue weighted by Gasteiger charge is 2.09. The maximum atomic E-state index is 11.9. The number of nitro groups is 1. The largest absolute Gasteiger partial charge is 0.484 e. The van der Waals surface area contributed by atoms with Gasteiger partial charge in [0.25, 0.3) is 17.2 Å². The van der Waals surface area contributed by atoms with Gasteiger partial charge in [0.15, 0.2) is 6.61 Å². The van der Waals surface area contributed by atoms with E-state index in [0.717, 1.165) is 0 Å². The number of H-pyrrole nitrogens is 1. The molecule has 0 bridgehead atoms. The molecule has 0 radical (unpaired) electrons. The lowest BCUT2D eigenvalue weighted by Gasteiger charge is -2.08. The van der Waals surface area contributed by atoms with Crippen LogP contribution in [0.5, 0.6) is 5.75 Å². The molecule has 0 aliphatic heterocycles. The average Bonchev–Trinajstić information content (AvgIpc) is 2.66. The fourth-order valence-corrected chi connectivity index (χ4v) is 2.35. The molecule has 1 aromatic heterocycles. The summed E-state index contributed by atoms with van der Waals surface area (Å²) in [6.45, 7) is -0.126. The van der Waals surface area contributed by atoms with Gasteiger partial charge in [-0.1, -0.05) is 18.2 Å². The monoisotopic (exact) mass is 354 g/mol. The van der Waals surface area contributed by atoms with Gasteiger partial charge in [-0.15, -0.1) is 0 Å². The zero-order valence-corrected chi connectivity index (χ0v) is 13.5. The summed E-state index contributed by atoms with van der Waals surface area (Å²) in [6, 6.07) is 12.4. The Morgan fingerprint density at radius 2 is 1.85 bits per heavy atom. The Bertz CT molecular complexity index is 1010. The number of fused-ring (bicyclic) bond motifs is 1. The van der Waals surface area contributed by atoms with E-state index >= 15 is 0 Å². The van der Waals surface area contributed by atoms with Crippen LogP contribution in [0.3, 0.4) is 0 Å². The second-order valence-electron chi connectivity index (χ2n) is 5.36. The number of ether oxygens (including phenoxy) is 1. The van der Waals surface area contributed by atoms with E-state index < -0.39 is 4.92 Å². The summed E-state index contributed by atoms with van der Waals surface area (Å²) in [5.74, 6) is -0.0428. The number of carbonyl (C=O) groups excluding carboxylic acids is 1. The Morgan fingerprint density at radius 1 is 1.15 bits per heavy atom. The molecule has 0 saturated heterocycles. The highest BCUT2D eigenvalue weighted by molar-refractivity contribution is 5.84. The molecule has 0 unspecified atom stereocenters. The van der Waals surface area contributed by atoms with Crippen LogP contribution in [0.1, 0.15) is 5.69 Å². The quantitative estimate of drug-likeness (QED) is 0.510. The normalized spacial score (nSPS) is 10.5. The van der Waals surface area contributed by atoms with Crippen molar-refractivity contribution in [2.45, 2.75) is 6.54 Å². The van der Waals surface area contributed by atoms with Gasteiger partial charge in [-0.25, -0.2) is 5.10 Å². The molecule has 0 fully saturated rings. The number of nitro benzene ring substituents is 1. The van der Waals surface area contributed by atoms with E-state index in [1.807, 2.05) is 0 Å². The molecule has 26 heavy (non-hydrogen) atoms. The minimum absolute atomic E-state index is 0.0576. The third-order valence-corrected chi connectivity index (χ3v) is 3.65. The number of aromatic amines is 1. The van der Waals surface area contributed by atoms with Crippen LogP contribution in [-0.4, -0.2) is 27.6 Å². The van der Waals surface area contributed by atoms with Crippen LogP contribution in [0.25, 0.3) is 10.8 Å². The van der Waals surface area contributed by atoms with Crippen molar-refractivity contribution in [2.75, 3.05) is 6.61 Å². The van der Waals surface area contributed by atoms with Crippen LogP contribution in [0.15, 0.2) is 53.3 Å². The van der Waals surface area contributed by atoms with E-state index in [1.165, 1.54) is 24.3 Å². The van der Waals surface area contributed by atoms with Crippen molar-refractivity contribution in [3.63, 3.8) is 0 Å². The molecule has 0 aliphatic carbocycles. The van der Waals surface area contributed by atoms with Crippen molar-refractivity contribution in [3.05, 3.63) is 74.7 Å². The highest BCUT2D eigenvalue weighted by atomic mass is 16.6. The highest BCUT2D eigenvalue weighted by Crippen LogP contribution is 2.17. The van der Waals surface area contributed by atoms with Crippen LogP contribution in [0, 0.1) is 10.1 Å². The molecule has 2 aromatic carbocycles. The van der Waals surface area contributed by atoms with E-state index in [-0.39, 0.29) is 30.3 Å². The van der Waals surface area contributed by atoms with E-state index in [2.05, 4.69) is 15.5 Å². The van der Waals surface area contributed by atoms with Gasteiger partial charge in [-0.05, 0) is 18.2 Å². The van der Waals surface area contributed by atoms with Gasteiger partial charge >= 0.3 is 0 Å². The maximum absolute atomic E-state index is 11.9. The number of aromatic nitrogens is 2. The van der Waals surface area contributed by atoms with Crippen molar-refractivity contribution in [2.24, 2.45) is 0 Å². The van der Waals surface area contributed by atoms with Crippen LogP contribution in [0.2, 0.25) is 0 Å². The van der Waals surface area contributed by atoms with Gasteiger partial charge in [0, 0.05) is 17.5 Å².